The zero-order chi connectivity index (χ0) is 19.7. The Kier molecular flexibility index (Phi) is 5.60. The third-order valence-electron chi connectivity index (χ3n) is 5.11. The lowest BCUT2D eigenvalue weighted by Gasteiger charge is -2.39. The maximum Gasteiger partial charge on any atom is 0.418 e. The van der Waals surface area contributed by atoms with Crippen LogP contribution in [0.1, 0.15) is 39.2 Å². The Labute approximate surface area is 161 Å². The second-order valence-corrected chi connectivity index (χ2v) is 8.15. The molecule has 0 atom stereocenters. The third kappa shape index (κ3) is 4.51. The summed E-state index contributed by atoms with van der Waals surface area (Å²) in [4.78, 5) is 14.8. The zero-order valence-electron chi connectivity index (χ0n) is 16.9. The summed E-state index contributed by atoms with van der Waals surface area (Å²) in [7, 11) is 3.42. The molecule has 1 aliphatic heterocycles. The fourth-order valence-electron chi connectivity index (χ4n) is 3.56. The molecule has 3 rings (SSSR count). The lowest BCUT2D eigenvalue weighted by atomic mass is 10.0. The highest BCUT2D eigenvalue weighted by atomic mass is 16.7. The minimum Gasteiger partial charge on any atom is -0.443 e. The standard InChI is InChI=1S/C21H30N2O4/c1-20(2,3)27-19(24)23-11-8-17-14-16(6-7-18(17)23)15-22-12-9-21(25-4,26-5)10-13-22/h6-8,11,14H,9-10,12-13,15H2,1-5H3. The number of rotatable bonds is 4. The highest BCUT2D eigenvalue weighted by Crippen LogP contribution is 2.28. The smallest absolute Gasteiger partial charge is 0.418 e. The number of methoxy groups -OCH3 is 2. The number of fused-ring (bicyclic) bond motifs is 1. The van der Waals surface area contributed by atoms with Gasteiger partial charge in [0.05, 0.1) is 5.52 Å². The maximum atomic E-state index is 12.4. The summed E-state index contributed by atoms with van der Waals surface area (Å²) in [5.41, 5.74) is 1.58. The first-order valence-electron chi connectivity index (χ1n) is 9.41. The van der Waals surface area contributed by atoms with Crippen molar-refractivity contribution in [2.24, 2.45) is 0 Å². The van der Waals surface area contributed by atoms with E-state index in [1.54, 1.807) is 25.0 Å². The molecule has 0 N–H and O–H groups in total. The highest BCUT2D eigenvalue weighted by Gasteiger charge is 2.34. The molecule has 1 saturated heterocycles. The van der Waals surface area contributed by atoms with Gasteiger partial charge in [0.2, 0.25) is 0 Å². The molecule has 0 spiro atoms. The van der Waals surface area contributed by atoms with E-state index in [-0.39, 0.29) is 6.09 Å². The second kappa shape index (κ2) is 7.62. The van der Waals surface area contributed by atoms with E-state index in [1.807, 2.05) is 32.9 Å². The number of carbonyl (C=O) groups excluding carboxylic acids is 1. The predicted octanol–water partition coefficient (Wildman–Crippen LogP) is 4.01. The Bertz CT molecular complexity index is 792. The van der Waals surface area contributed by atoms with E-state index in [9.17, 15) is 4.79 Å². The Morgan fingerprint density at radius 2 is 1.78 bits per heavy atom. The average Bonchev–Trinajstić information content (AvgIpc) is 3.05. The van der Waals surface area contributed by atoms with Gasteiger partial charge in [-0.25, -0.2) is 4.79 Å². The highest BCUT2D eigenvalue weighted by molar-refractivity contribution is 5.89. The topological polar surface area (TPSA) is 52.9 Å². The Morgan fingerprint density at radius 3 is 2.37 bits per heavy atom. The number of aromatic nitrogens is 1. The molecule has 6 nitrogen and oxygen atoms in total. The van der Waals surface area contributed by atoms with Gasteiger partial charge in [-0.05, 0) is 44.5 Å². The van der Waals surface area contributed by atoms with Crippen LogP contribution in [0.3, 0.4) is 0 Å². The van der Waals surface area contributed by atoms with Gasteiger partial charge in [-0.15, -0.1) is 0 Å². The minimum atomic E-state index is -0.512. The summed E-state index contributed by atoms with van der Waals surface area (Å²) in [5.74, 6) is -0.439. The predicted molar refractivity (Wildman–Crippen MR) is 105 cm³/mol. The zero-order valence-corrected chi connectivity index (χ0v) is 16.9. The van der Waals surface area contributed by atoms with Crippen LogP contribution in [0.4, 0.5) is 4.79 Å². The van der Waals surface area contributed by atoms with E-state index >= 15 is 0 Å². The van der Waals surface area contributed by atoms with Gasteiger partial charge in [0.25, 0.3) is 0 Å². The largest absolute Gasteiger partial charge is 0.443 e. The molecule has 0 radical (unpaired) electrons. The molecule has 27 heavy (non-hydrogen) atoms. The van der Waals surface area contributed by atoms with Crippen molar-refractivity contribution in [1.29, 1.82) is 0 Å². The molecule has 1 aromatic carbocycles. The van der Waals surface area contributed by atoms with Gasteiger partial charge in [-0.3, -0.25) is 9.47 Å². The summed E-state index contributed by atoms with van der Waals surface area (Å²) in [6, 6.07) is 8.18. The van der Waals surface area contributed by atoms with Gasteiger partial charge in [0.1, 0.15) is 5.60 Å². The van der Waals surface area contributed by atoms with Gasteiger partial charge in [0, 0.05) is 58.3 Å². The Hall–Kier alpha value is -1.89. The number of hydrogen-bond acceptors (Lipinski definition) is 5. The molecule has 0 aliphatic carbocycles. The van der Waals surface area contributed by atoms with Crippen molar-refractivity contribution in [2.75, 3.05) is 27.3 Å². The van der Waals surface area contributed by atoms with E-state index in [1.165, 1.54) is 5.56 Å². The average molecular weight is 374 g/mol. The first-order chi connectivity index (χ1) is 12.8. The van der Waals surface area contributed by atoms with Gasteiger partial charge in [0.15, 0.2) is 5.79 Å². The van der Waals surface area contributed by atoms with E-state index in [4.69, 9.17) is 14.2 Å². The van der Waals surface area contributed by atoms with Crippen molar-refractivity contribution in [3.05, 3.63) is 36.0 Å². The summed E-state index contributed by atoms with van der Waals surface area (Å²) >= 11 is 0. The number of hydrogen-bond donors (Lipinski definition) is 0. The number of benzene rings is 1. The molecule has 0 amide bonds. The molecule has 1 aromatic heterocycles. The van der Waals surface area contributed by atoms with Crippen LogP contribution in [0.2, 0.25) is 0 Å². The number of carbonyl (C=O) groups is 1. The Morgan fingerprint density at radius 1 is 1.11 bits per heavy atom. The summed E-state index contributed by atoms with van der Waals surface area (Å²) in [5, 5.41) is 1.04. The normalized spacial score (nSPS) is 18.0. The lowest BCUT2D eigenvalue weighted by molar-refractivity contribution is -0.229. The number of piperidine rings is 1. The molecule has 1 fully saturated rings. The van der Waals surface area contributed by atoms with Crippen molar-refractivity contribution in [3.63, 3.8) is 0 Å². The third-order valence-corrected chi connectivity index (χ3v) is 5.11. The monoisotopic (exact) mass is 374 g/mol. The first-order valence-corrected chi connectivity index (χ1v) is 9.41. The van der Waals surface area contributed by atoms with Crippen LogP contribution in [-0.4, -0.2) is 54.3 Å². The van der Waals surface area contributed by atoms with Crippen molar-refractivity contribution in [3.8, 4) is 0 Å². The van der Waals surface area contributed by atoms with Gasteiger partial charge in [-0.2, -0.15) is 0 Å². The lowest BCUT2D eigenvalue weighted by Crippen LogP contribution is -2.46. The fourth-order valence-corrected chi connectivity index (χ4v) is 3.56. The van der Waals surface area contributed by atoms with Crippen LogP contribution in [0.25, 0.3) is 10.9 Å². The molecule has 1 aliphatic rings. The number of ether oxygens (including phenoxy) is 3. The molecular formula is C21H30N2O4. The molecule has 2 heterocycles. The van der Waals surface area contributed by atoms with E-state index < -0.39 is 11.4 Å². The molecular weight excluding hydrogens is 344 g/mol. The van der Waals surface area contributed by atoms with Gasteiger partial charge >= 0.3 is 6.09 Å². The molecule has 148 valence electrons. The van der Waals surface area contributed by atoms with Crippen molar-refractivity contribution >= 4 is 17.0 Å². The Balaban J connectivity index is 1.69. The first kappa shape index (κ1) is 19.9. The van der Waals surface area contributed by atoms with E-state index in [2.05, 4.69) is 17.0 Å². The summed E-state index contributed by atoms with van der Waals surface area (Å²) < 4.78 is 18.1. The molecule has 0 bridgehead atoms. The van der Waals surface area contributed by atoms with Crippen molar-refractivity contribution < 1.29 is 19.0 Å². The molecule has 6 heteroatoms. The van der Waals surface area contributed by atoms with Gasteiger partial charge in [-0.1, -0.05) is 6.07 Å². The quantitative estimate of drug-likeness (QED) is 0.757. The number of likely N-dealkylation sites (tertiary alicyclic amines) is 1. The maximum absolute atomic E-state index is 12.4. The summed E-state index contributed by atoms with van der Waals surface area (Å²) in [6.45, 7) is 8.34. The molecule has 0 unspecified atom stereocenters. The van der Waals surface area contributed by atoms with Crippen LogP contribution < -0.4 is 0 Å². The van der Waals surface area contributed by atoms with E-state index in [0.717, 1.165) is 43.4 Å². The van der Waals surface area contributed by atoms with Crippen LogP contribution in [-0.2, 0) is 20.8 Å². The van der Waals surface area contributed by atoms with Crippen LogP contribution in [0.5, 0.6) is 0 Å². The van der Waals surface area contributed by atoms with Crippen LogP contribution in [0.15, 0.2) is 30.5 Å². The van der Waals surface area contributed by atoms with Crippen LogP contribution in [0, 0.1) is 0 Å². The SMILES string of the molecule is COC1(OC)CCN(Cc2ccc3c(ccn3C(=O)OC(C)(C)C)c2)CC1. The van der Waals surface area contributed by atoms with Crippen molar-refractivity contribution in [2.45, 2.75) is 51.5 Å². The minimum absolute atomic E-state index is 0.350. The second-order valence-electron chi connectivity index (χ2n) is 8.15. The van der Waals surface area contributed by atoms with Crippen LogP contribution >= 0.6 is 0 Å². The number of nitrogens with zero attached hydrogens (tertiary/aromatic N) is 2. The molecule has 2 aromatic rings. The molecule has 0 saturated carbocycles. The fraction of sp³-hybridized carbons (Fsp3) is 0.571. The van der Waals surface area contributed by atoms with Gasteiger partial charge < -0.3 is 14.2 Å². The van der Waals surface area contributed by atoms with Crippen molar-refractivity contribution in [1.82, 2.24) is 9.47 Å². The summed E-state index contributed by atoms with van der Waals surface area (Å²) in [6.07, 6.45) is 3.14. The van der Waals surface area contributed by atoms with E-state index in [0.29, 0.717) is 0 Å².